The first-order valence-corrected chi connectivity index (χ1v) is 7.59. The zero-order valence-electron chi connectivity index (χ0n) is 6.55. The maximum Gasteiger partial charge on any atom is 0.418 e. The molecule has 1 aromatic rings. The van der Waals surface area contributed by atoms with Gasteiger partial charge in [0.05, 0.1) is 5.56 Å². The first kappa shape index (κ1) is 14.8. The lowest BCUT2D eigenvalue weighted by Crippen LogP contribution is -2.15. The number of hydrogen-bond acceptors (Lipinski definition) is 1. The fourth-order valence-corrected chi connectivity index (χ4v) is 4.61. The predicted molar refractivity (Wildman–Crippen MR) is 81.8 cm³/mol. The highest BCUT2D eigenvalue weighted by molar-refractivity contribution is 14.1. The zero-order chi connectivity index (χ0) is 12.0. The highest BCUT2D eigenvalue weighted by Crippen LogP contribution is 2.42. The Bertz CT molecular complexity index is 387. The molecule has 1 rings (SSSR count). The third-order valence-corrected chi connectivity index (χ3v) is 7.79. The fourth-order valence-electron chi connectivity index (χ4n) is 0.860. The van der Waals surface area contributed by atoms with Crippen molar-refractivity contribution < 1.29 is 18.3 Å². The molecule has 84 valence electrons. The number of hydrogen-bond donors (Lipinski definition) is 0. The Kier molecular flexibility index (Phi) is 5.08. The van der Waals surface area contributed by atoms with Crippen LogP contribution in [0.25, 0.3) is 0 Å². The van der Waals surface area contributed by atoms with Gasteiger partial charge in [0.2, 0.25) is 0 Å². The predicted octanol–water partition coefficient (Wildman–Crippen LogP) is 4.20. The number of rotatable bonds is 0. The second kappa shape index (κ2) is 5.16. The third-order valence-electron chi connectivity index (χ3n) is 1.51. The van der Waals surface area contributed by atoms with E-state index in [1.54, 1.807) is 90.4 Å². The Morgan fingerprint density at radius 1 is 0.800 bits per heavy atom. The van der Waals surface area contributed by atoms with Crippen LogP contribution in [0.15, 0.2) is 0 Å². The molecule has 0 amide bonds. The maximum absolute atomic E-state index is 12.7. The fraction of sp³-hybridized carbons (Fsp3) is 0.143. The van der Waals surface area contributed by atoms with Gasteiger partial charge in [-0.2, -0.15) is 13.2 Å². The van der Waals surface area contributed by atoms with E-state index in [2.05, 4.69) is 0 Å². The van der Waals surface area contributed by atoms with E-state index >= 15 is 0 Å². The van der Waals surface area contributed by atoms with Crippen LogP contribution in [0.1, 0.15) is 5.56 Å². The summed E-state index contributed by atoms with van der Waals surface area (Å²) < 4.78 is 38.3. The number of benzene rings is 1. The minimum absolute atomic E-state index is 0.0180. The van der Waals surface area contributed by atoms with Gasteiger partial charge in [-0.1, -0.05) is 5.75 Å². The van der Waals surface area contributed by atoms with Crippen molar-refractivity contribution >= 4 is 90.4 Å². The van der Waals surface area contributed by atoms with Gasteiger partial charge < -0.3 is 5.11 Å². The molecule has 0 unspecified atom stereocenters. The van der Waals surface area contributed by atoms with Gasteiger partial charge in [0.25, 0.3) is 0 Å². The van der Waals surface area contributed by atoms with Crippen LogP contribution in [0.5, 0.6) is 5.75 Å². The van der Waals surface area contributed by atoms with E-state index in [4.69, 9.17) is 0 Å². The van der Waals surface area contributed by atoms with E-state index in [0.29, 0.717) is 0 Å². The lowest BCUT2D eigenvalue weighted by Gasteiger charge is -2.20. The van der Waals surface area contributed by atoms with E-state index in [1.165, 1.54) is 0 Å². The van der Waals surface area contributed by atoms with Crippen molar-refractivity contribution in [2.75, 3.05) is 0 Å². The molecule has 0 aliphatic rings. The Labute approximate surface area is 138 Å². The molecule has 0 atom stereocenters. The lowest BCUT2D eigenvalue weighted by atomic mass is 10.2. The molecule has 0 aromatic heterocycles. The summed E-state index contributed by atoms with van der Waals surface area (Å²) in [5.74, 6) is -0.335. The molecule has 0 radical (unpaired) electrons. The molecule has 0 aliphatic heterocycles. The Hall–Kier alpha value is 1.73. The molecule has 1 aromatic carbocycles. The molecule has 0 bridgehead atoms. The topological polar surface area (TPSA) is 23.1 Å². The summed E-state index contributed by atoms with van der Waals surface area (Å²) in [7, 11) is 0. The van der Waals surface area contributed by atoms with Crippen molar-refractivity contribution in [2.24, 2.45) is 0 Å². The second-order valence-electron chi connectivity index (χ2n) is 2.46. The van der Waals surface area contributed by atoms with Gasteiger partial charge in [-0.3, -0.25) is 0 Å². The Morgan fingerprint density at radius 3 is 1.40 bits per heavy atom. The van der Waals surface area contributed by atoms with E-state index in [0.717, 1.165) is 0 Å². The van der Waals surface area contributed by atoms with Crippen molar-refractivity contribution in [1.29, 1.82) is 0 Å². The number of halogens is 7. The zero-order valence-corrected chi connectivity index (χ0v) is 15.2. The van der Waals surface area contributed by atoms with Crippen LogP contribution in [-0.4, -0.2) is 0 Å². The van der Waals surface area contributed by atoms with Crippen LogP contribution in [0.4, 0.5) is 13.2 Å². The number of alkyl halides is 3. The molecule has 0 N–H and O–H groups in total. The molecule has 0 fully saturated rings. The van der Waals surface area contributed by atoms with Gasteiger partial charge in [-0.15, -0.1) is 0 Å². The van der Waals surface area contributed by atoms with Gasteiger partial charge in [0, 0.05) is 14.3 Å². The summed E-state index contributed by atoms with van der Waals surface area (Å²) in [5, 5.41) is 11.5. The van der Waals surface area contributed by atoms with E-state index in [-0.39, 0.29) is 20.0 Å². The minimum atomic E-state index is -4.42. The molecule has 0 saturated heterocycles. The van der Waals surface area contributed by atoms with Gasteiger partial charge in [-0.25, -0.2) is 0 Å². The van der Waals surface area contributed by atoms with Crippen molar-refractivity contribution in [2.45, 2.75) is 6.18 Å². The van der Waals surface area contributed by atoms with Crippen molar-refractivity contribution in [3.05, 3.63) is 19.8 Å². The minimum Gasteiger partial charge on any atom is -0.871 e. The molecule has 0 heterocycles. The van der Waals surface area contributed by atoms with Crippen LogP contribution in [0.3, 0.4) is 0 Å². The summed E-state index contributed by atoms with van der Waals surface area (Å²) >= 11 is 6.42. The molecular weight excluding hydrogens is 665 g/mol. The van der Waals surface area contributed by atoms with Gasteiger partial charge in [0.15, 0.2) is 0 Å². The van der Waals surface area contributed by atoms with Crippen molar-refractivity contribution in [3.8, 4) is 5.75 Å². The second-order valence-corrected chi connectivity index (χ2v) is 6.77. The molecule has 8 heteroatoms. The summed E-state index contributed by atoms with van der Waals surface area (Å²) in [6.07, 6.45) is -4.42. The van der Waals surface area contributed by atoms with Crippen molar-refractivity contribution in [3.63, 3.8) is 0 Å². The van der Waals surface area contributed by atoms with E-state index in [1.807, 2.05) is 0 Å². The van der Waals surface area contributed by atoms with Crippen LogP contribution in [0.2, 0.25) is 0 Å². The van der Waals surface area contributed by atoms with Crippen LogP contribution in [-0.2, 0) is 6.18 Å². The average molecular weight is 665 g/mol. The standard InChI is InChI=1S/C7HF3I4O/c8-7(9,10)1-2(11)4(13)6(15)5(14)3(1)12/h15H/p-1. The highest BCUT2D eigenvalue weighted by Gasteiger charge is 2.37. The first-order chi connectivity index (χ1) is 6.68. The normalized spacial score (nSPS) is 11.9. The van der Waals surface area contributed by atoms with Crippen molar-refractivity contribution in [1.82, 2.24) is 0 Å². The maximum atomic E-state index is 12.7. The monoisotopic (exact) mass is 665 g/mol. The highest BCUT2D eigenvalue weighted by atomic mass is 127. The van der Waals surface area contributed by atoms with Gasteiger partial charge in [-0.05, 0) is 90.4 Å². The summed E-state index contributed by atoms with van der Waals surface area (Å²) in [6, 6.07) is 0. The van der Waals surface area contributed by atoms with Crippen LogP contribution >= 0.6 is 90.4 Å². The first-order valence-electron chi connectivity index (χ1n) is 3.28. The van der Waals surface area contributed by atoms with E-state index < -0.39 is 11.7 Å². The van der Waals surface area contributed by atoms with Crippen LogP contribution < -0.4 is 5.11 Å². The third kappa shape index (κ3) is 2.95. The molecular formula is C7F3I4O-. The smallest absolute Gasteiger partial charge is 0.418 e. The molecule has 1 nitrogen and oxygen atoms in total. The summed E-state index contributed by atoms with van der Waals surface area (Å²) in [6.45, 7) is 0. The Morgan fingerprint density at radius 2 is 1.13 bits per heavy atom. The Balaban J connectivity index is 3.68. The SMILES string of the molecule is [O-]c1c(I)c(I)c(C(F)(F)F)c(I)c1I. The van der Waals surface area contributed by atoms with Gasteiger partial charge >= 0.3 is 6.18 Å². The summed E-state index contributed by atoms with van der Waals surface area (Å²) in [5.41, 5.74) is -0.711. The van der Waals surface area contributed by atoms with E-state index in [9.17, 15) is 18.3 Å². The quantitative estimate of drug-likeness (QED) is 0.302. The van der Waals surface area contributed by atoms with Gasteiger partial charge in [0.1, 0.15) is 0 Å². The van der Waals surface area contributed by atoms with Crippen LogP contribution in [0, 0.1) is 14.3 Å². The summed E-state index contributed by atoms with van der Waals surface area (Å²) in [4.78, 5) is 0. The molecule has 15 heavy (non-hydrogen) atoms. The molecule has 0 spiro atoms. The average Bonchev–Trinajstić information content (AvgIpc) is 2.09. The largest absolute Gasteiger partial charge is 0.871 e. The molecule has 0 saturated carbocycles. The molecule has 0 aliphatic carbocycles. The lowest BCUT2D eigenvalue weighted by molar-refractivity contribution is -0.271.